The summed E-state index contributed by atoms with van der Waals surface area (Å²) in [4.78, 5) is 0. The van der Waals surface area contributed by atoms with Gasteiger partial charge in [0.05, 0.1) is 22.6 Å². The molecule has 5 heteroatoms. The summed E-state index contributed by atoms with van der Waals surface area (Å²) < 4.78 is 12.6. The molecule has 0 radical (unpaired) electrons. The van der Waals surface area contributed by atoms with Crippen LogP contribution in [0.2, 0.25) is 0 Å². The monoisotopic (exact) mass is 562 g/mol. The molecule has 0 saturated carbocycles. The van der Waals surface area contributed by atoms with Crippen molar-refractivity contribution >= 4 is 45.5 Å². The zero-order chi connectivity index (χ0) is 29.9. The Kier molecular flexibility index (Phi) is 6.35. The molecule has 4 nitrogen and oxygen atoms in total. The van der Waals surface area contributed by atoms with Gasteiger partial charge in [-0.15, -0.1) is 0 Å². The van der Waals surface area contributed by atoms with Gasteiger partial charge in [-0.2, -0.15) is 0 Å². The van der Waals surface area contributed by atoms with Gasteiger partial charge in [0, 0.05) is 10.8 Å². The lowest BCUT2D eigenvalue weighted by Gasteiger charge is -2.32. The normalized spacial score (nSPS) is 15.8. The molecule has 6 aromatic carbocycles. The molecule has 1 fully saturated rings. The lowest BCUT2D eigenvalue weighted by Crippen LogP contribution is -2.41. The van der Waals surface area contributed by atoms with Crippen molar-refractivity contribution < 1.29 is 9.31 Å². The number of fused-ring (bicyclic) bond motifs is 3. The molecule has 6 aromatic rings. The van der Waals surface area contributed by atoms with Gasteiger partial charge in [0.1, 0.15) is 0 Å². The summed E-state index contributed by atoms with van der Waals surface area (Å²) in [7, 11) is -0.393. The molecule has 7 rings (SSSR count). The molecule has 0 atom stereocenters. The lowest BCUT2D eigenvalue weighted by molar-refractivity contribution is 0.00578. The summed E-state index contributed by atoms with van der Waals surface area (Å²) in [5, 5.41) is 4.18. The summed E-state index contributed by atoms with van der Waals surface area (Å²) >= 11 is 0. The van der Waals surface area contributed by atoms with Crippen molar-refractivity contribution in [2.24, 2.45) is 0 Å². The first kappa shape index (κ1) is 27.3. The van der Waals surface area contributed by atoms with Crippen LogP contribution in [-0.4, -0.2) is 18.3 Å². The summed E-state index contributed by atoms with van der Waals surface area (Å²) in [5.41, 5.74) is 21.3. The third kappa shape index (κ3) is 4.66. The molecule has 0 aliphatic carbocycles. The highest BCUT2D eigenvalue weighted by Gasteiger charge is 2.51. The molecule has 0 unspecified atom stereocenters. The Hall–Kier alpha value is -4.58. The van der Waals surface area contributed by atoms with E-state index < -0.39 is 7.12 Å². The SMILES string of the molecule is CC1(C)OB(c2cccc(-c3cccc(-c4cccc(-c5ccc6c(N)c(N)c7ccccc7c6c5)c4)c3)c2)OC1(C)C. The van der Waals surface area contributed by atoms with Crippen LogP contribution in [0.3, 0.4) is 0 Å². The van der Waals surface area contributed by atoms with Crippen molar-refractivity contribution in [3.63, 3.8) is 0 Å². The van der Waals surface area contributed by atoms with Crippen molar-refractivity contribution in [3.05, 3.63) is 115 Å². The molecule has 0 bridgehead atoms. The maximum Gasteiger partial charge on any atom is 0.494 e. The molecule has 1 aliphatic heterocycles. The van der Waals surface area contributed by atoms with Gasteiger partial charge < -0.3 is 20.8 Å². The lowest BCUT2D eigenvalue weighted by atomic mass is 9.78. The number of nitrogen functional groups attached to an aromatic ring is 2. The van der Waals surface area contributed by atoms with Crippen LogP contribution in [0, 0.1) is 0 Å². The van der Waals surface area contributed by atoms with Crippen molar-refractivity contribution in [2.75, 3.05) is 11.5 Å². The van der Waals surface area contributed by atoms with E-state index in [4.69, 9.17) is 20.8 Å². The molecule has 0 spiro atoms. The number of benzene rings is 6. The second-order valence-electron chi connectivity index (χ2n) is 12.5. The van der Waals surface area contributed by atoms with E-state index in [2.05, 4.69) is 125 Å². The highest BCUT2D eigenvalue weighted by Crippen LogP contribution is 2.39. The second-order valence-corrected chi connectivity index (χ2v) is 12.5. The molecular formula is C38H35BN2O2. The zero-order valence-electron chi connectivity index (χ0n) is 25.0. The first-order chi connectivity index (χ1) is 20.6. The number of rotatable bonds is 4. The Balaban J connectivity index is 1.24. The predicted octanol–water partition coefficient (Wildman–Crippen LogP) is 8.46. The topological polar surface area (TPSA) is 70.5 Å². The first-order valence-corrected chi connectivity index (χ1v) is 14.8. The van der Waals surface area contributed by atoms with Crippen molar-refractivity contribution in [2.45, 2.75) is 38.9 Å². The third-order valence-electron chi connectivity index (χ3n) is 9.24. The number of hydrogen-bond acceptors (Lipinski definition) is 4. The first-order valence-electron chi connectivity index (χ1n) is 14.8. The molecule has 1 heterocycles. The zero-order valence-corrected chi connectivity index (χ0v) is 25.0. The Labute approximate surface area is 253 Å². The van der Waals surface area contributed by atoms with Gasteiger partial charge >= 0.3 is 7.12 Å². The van der Waals surface area contributed by atoms with Gasteiger partial charge in [0.2, 0.25) is 0 Å². The molecule has 4 N–H and O–H groups in total. The largest absolute Gasteiger partial charge is 0.494 e. The molecule has 1 saturated heterocycles. The van der Waals surface area contributed by atoms with Crippen LogP contribution < -0.4 is 16.9 Å². The molecule has 0 aromatic heterocycles. The third-order valence-corrected chi connectivity index (χ3v) is 9.24. The van der Waals surface area contributed by atoms with Crippen LogP contribution in [0.5, 0.6) is 0 Å². The van der Waals surface area contributed by atoms with Gasteiger partial charge in [0.15, 0.2) is 0 Å². The summed E-state index contributed by atoms with van der Waals surface area (Å²) in [5.74, 6) is 0. The quantitative estimate of drug-likeness (QED) is 0.0979. The van der Waals surface area contributed by atoms with Crippen molar-refractivity contribution in [1.29, 1.82) is 0 Å². The maximum absolute atomic E-state index is 6.46. The van der Waals surface area contributed by atoms with Gasteiger partial charge in [-0.1, -0.05) is 97.1 Å². The van der Waals surface area contributed by atoms with Crippen LogP contribution >= 0.6 is 0 Å². The van der Waals surface area contributed by atoms with E-state index in [0.29, 0.717) is 11.4 Å². The van der Waals surface area contributed by atoms with E-state index in [0.717, 1.165) is 60.4 Å². The van der Waals surface area contributed by atoms with Gasteiger partial charge in [-0.3, -0.25) is 0 Å². The minimum absolute atomic E-state index is 0.378. The smallest absolute Gasteiger partial charge is 0.399 e. The van der Waals surface area contributed by atoms with Crippen LogP contribution in [0.1, 0.15) is 27.7 Å². The molecule has 0 amide bonds. The fraction of sp³-hybridized carbons (Fsp3) is 0.158. The van der Waals surface area contributed by atoms with Gasteiger partial charge in [-0.25, -0.2) is 0 Å². The Morgan fingerprint density at radius 2 is 0.884 bits per heavy atom. The number of hydrogen-bond donors (Lipinski definition) is 2. The van der Waals surface area contributed by atoms with E-state index in [1.165, 1.54) is 0 Å². The highest BCUT2D eigenvalue weighted by atomic mass is 16.7. The summed E-state index contributed by atoms with van der Waals surface area (Å²) in [6.07, 6.45) is 0. The minimum atomic E-state index is -0.393. The molecule has 43 heavy (non-hydrogen) atoms. The average molecular weight is 563 g/mol. The maximum atomic E-state index is 6.46. The molecule has 1 aliphatic rings. The fourth-order valence-electron chi connectivity index (χ4n) is 6.03. The summed E-state index contributed by atoms with van der Waals surface area (Å²) in [6, 6.07) is 40.5. The molecule has 212 valence electrons. The van der Waals surface area contributed by atoms with Gasteiger partial charge in [-0.05, 0) is 95.5 Å². The van der Waals surface area contributed by atoms with Crippen LogP contribution in [0.15, 0.2) is 115 Å². The number of nitrogens with two attached hydrogens (primary N) is 2. The van der Waals surface area contributed by atoms with E-state index >= 15 is 0 Å². The Bertz CT molecular complexity index is 2020. The van der Waals surface area contributed by atoms with Gasteiger partial charge in [0.25, 0.3) is 0 Å². The van der Waals surface area contributed by atoms with Crippen LogP contribution in [0.4, 0.5) is 11.4 Å². The average Bonchev–Trinajstić information content (AvgIpc) is 3.26. The van der Waals surface area contributed by atoms with E-state index in [-0.39, 0.29) is 11.2 Å². The second kappa shape index (κ2) is 10.0. The summed E-state index contributed by atoms with van der Waals surface area (Å²) in [6.45, 7) is 8.33. The predicted molar refractivity (Wildman–Crippen MR) is 182 cm³/mol. The van der Waals surface area contributed by atoms with Crippen LogP contribution in [0.25, 0.3) is 54.9 Å². The number of anilines is 2. The Morgan fingerprint density at radius 1 is 0.442 bits per heavy atom. The van der Waals surface area contributed by atoms with E-state index in [9.17, 15) is 0 Å². The Morgan fingerprint density at radius 3 is 1.44 bits per heavy atom. The highest BCUT2D eigenvalue weighted by molar-refractivity contribution is 6.62. The van der Waals surface area contributed by atoms with E-state index in [1.54, 1.807) is 0 Å². The van der Waals surface area contributed by atoms with Crippen molar-refractivity contribution in [3.8, 4) is 33.4 Å². The minimum Gasteiger partial charge on any atom is -0.399 e. The standard InChI is InChI=1S/C38H35BN2O2/c1-37(2)38(3,4)43-39(42-37)30-15-9-14-28(22-30)26-12-7-10-24(20-26)25-11-8-13-27(21-25)29-18-19-33-34(23-29)31-16-5-6-17-32(31)35(40)36(33)41/h5-23H,40-41H2,1-4H3. The van der Waals surface area contributed by atoms with E-state index in [1.807, 2.05) is 18.2 Å². The van der Waals surface area contributed by atoms with Crippen LogP contribution in [-0.2, 0) is 9.31 Å². The van der Waals surface area contributed by atoms with Crippen molar-refractivity contribution in [1.82, 2.24) is 0 Å². The fourth-order valence-corrected chi connectivity index (χ4v) is 6.03. The molecular weight excluding hydrogens is 527 g/mol.